The van der Waals surface area contributed by atoms with Gasteiger partial charge in [-0.3, -0.25) is 24.0 Å². The predicted octanol–water partition coefficient (Wildman–Crippen LogP) is 0.765. The zero-order chi connectivity index (χ0) is 27.9. The highest BCUT2D eigenvalue weighted by atomic mass is 16.5. The van der Waals surface area contributed by atoms with Crippen LogP contribution in [0.25, 0.3) is 0 Å². The Bertz CT molecular complexity index is 1090. The van der Waals surface area contributed by atoms with E-state index in [1.807, 2.05) is 6.07 Å². The molecule has 1 aromatic carbocycles. The fraction of sp³-hybridized carbons (Fsp3) is 0.607. The van der Waals surface area contributed by atoms with E-state index in [0.717, 1.165) is 31.2 Å². The van der Waals surface area contributed by atoms with E-state index in [1.54, 1.807) is 37.1 Å². The van der Waals surface area contributed by atoms with E-state index in [-0.39, 0.29) is 54.8 Å². The minimum absolute atomic E-state index is 0.0131. The molecule has 4 amide bonds. The third-order valence-corrected chi connectivity index (χ3v) is 7.90. The Kier molecular flexibility index (Phi) is 9.55. The van der Waals surface area contributed by atoms with Gasteiger partial charge in [0.15, 0.2) is 0 Å². The molecule has 0 aliphatic carbocycles. The molecule has 11 heteroatoms. The van der Waals surface area contributed by atoms with E-state index in [0.29, 0.717) is 31.2 Å². The largest absolute Gasteiger partial charge is 0.460 e. The zero-order valence-corrected chi connectivity index (χ0v) is 22.7. The lowest BCUT2D eigenvalue weighted by atomic mass is 9.98. The smallest absolute Gasteiger partial charge is 0.306 e. The van der Waals surface area contributed by atoms with Crippen molar-refractivity contribution < 1.29 is 28.7 Å². The van der Waals surface area contributed by atoms with Crippen molar-refractivity contribution in [3.63, 3.8) is 0 Å². The predicted molar refractivity (Wildman–Crippen MR) is 142 cm³/mol. The number of amides is 4. The van der Waals surface area contributed by atoms with Crippen LogP contribution in [-0.4, -0.2) is 78.4 Å². The van der Waals surface area contributed by atoms with Gasteiger partial charge in [-0.15, -0.1) is 0 Å². The van der Waals surface area contributed by atoms with Gasteiger partial charge in [0, 0.05) is 24.6 Å². The number of likely N-dealkylation sites (N-methyl/N-ethyl adjacent to an activating group) is 1. The van der Waals surface area contributed by atoms with Crippen LogP contribution in [0.15, 0.2) is 24.3 Å². The number of esters is 1. The number of fused-ring (bicyclic) bond motifs is 1. The summed E-state index contributed by atoms with van der Waals surface area (Å²) in [4.78, 5) is 64.8. The summed E-state index contributed by atoms with van der Waals surface area (Å²) in [6.45, 7) is 2.21. The average Bonchev–Trinajstić information content (AvgIpc) is 3.55. The molecule has 5 unspecified atom stereocenters. The Labute approximate surface area is 228 Å². The summed E-state index contributed by atoms with van der Waals surface area (Å²) in [5.74, 6) is -1.20. The molecule has 0 bridgehead atoms. The fourth-order valence-corrected chi connectivity index (χ4v) is 5.52. The Morgan fingerprint density at radius 3 is 2.59 bits per heavy atom. The minimum Gasteiger partial charge on any atom is -0.460 e. The van der Waals surface area contributed by atoms with Crippen molar-refractivity contribution in [2.24, 2.45) is 0 Å². The maximum Gasteiger partial charge on any atom is 0.306 e. The van der Waals surface area contributed by atoms with Gasteiger partial charge < -0.3 is 30.9 Å². The highest BCUT2D eigenvalue weighted by Crippen LogP contribution is 2.31. The molecule has 3 aliphatic heterocycles. The Hall–Kier alpha value is -3.47. The Morgan fingerprint density at radius 2 is 1.85 bits per heavy atom. The van der Waals surface area contributed by atoms with Gasteiger partial charge in [0.1, 0.15) is 18.2 Å². The van der Waals surface area contributed by atoms with Crippen molar-refractivity contribution in [1.82, 2.24) is 26.2 Å². The maximum atomic E-state index is 13.5. The molecule has 4 rings (SSSR count). The first-order valence-corrected chi connectivity index (χ1v) is 13.9. The van der Waals surface area contributed by atoms with Crippen LogP contribution in [0.4, 0.5) is 0 Å². The van der Waals surface area contributed by atoms with E-state index in [2.05, 4.69) is 21.3 Å². The molecule has 0 spiro atoms. The first-order chi connectivity index (χ1) is 18.8. The second-order valence-electron chi connectivity index (χ2n) is 10.6. The fourth-order valence-electron chi connectivity index (χ4n) is 5.52. The highest BCUT2D eigenvalue weighted by Gasteiger charge is 2.43. The van der Waals surface area contributed by atoms with Crippen LogP contribution in [0.3, 0.4) is 0 Å². The normalized spacial score (nSPS) is 25.6. The molecule has 3 saturated heterocycles. The number of benzene rings is 1. The number of hydrogen-bond donors (Lipinski definition) is 4. The van der Waals surface area contributed by atoms with Crippen LogP contribution in [0.2, 0.25) is 0 Å². The second kappa shape index (κ2) is 13.1. The van der Waals surface area contributed by atoms with Crippen molar-refractivity contribution in [3.05, 3.63) is 35.4 Å². The molecule has 3 heterocycles. The number of carbonyl (C=O) groups excluding carboxylic acids is 5. The zero-order valence-electron chi connectivity index (χ0n) is 22.7. The van der Waals surface area contributed by atoms with Gasteiger partial charge in [0.2, 0.25) is 17.7 Å². The van der Waals surface area contributed by atoms with Gasteiger partial charge in [0.25, 0.3) is 5.91 Å². The van der Waals surface area contributed by atoms with Crippen LogP contribution in [0, 0.1) is 0 Å². The number of rotatable bonds is 9. The van der Waals surface area contributed by atoms with Gasteiger partial charge in [-0.25, -0.2) is 0 Å². The van der Waals surface area contributed by atoms with E-state index >= 15 is 0 Å². The monoisotopic (exact) mass is 541 g/mol. The summed E-state index contributed by atoms with van der Waals surface area (Å²) in [5.41, 5.74) is 1.20. The highest BCUT2D eigenvalue weighted by molar-refractivity contribution is 5.95. The molecule has 3 aliphatic rings. The van der Waals surface area contributed by atoms with Gasteiger partial charge in [-0.2, -0.15) is 0 Å². The Balaban J connectivity index is 1.35. The number of carbonyl (C=O) groups is 5. The Morgan fingerprint density at radius 1 is 1.05 bits per heavy atom. The molecule has 0 aromatic heterocycles. The number of hydrogen-bond acceptors (Lipinski definition) is 7. The lowest BCUT2D eigenvalue weighted by molar-refractivity contribution is -0.144. The van der Waals surface area contributed by atoms with Crippen LogP contribution in [0.5, 0.6) is 0 Å². The van der Waals surface area contributed by atoms with Gasteiger partial charge in [-0.1, -0.05) is 25.0 Å². The molecule has 11 nitrogen and oxygen atoms in total. The summed E-state index contributed by atoms with van der Waals surface area (Å²) in [5, 5.41) is 11.5. The molecule has 1 aromatic rings. The summed E-state index contributed by atoms with van der Waals surface area (Å²) in [7, 11) is 1.69. The van der Waals surface area contributed by atoms with E-state index < -0.39 is 18.1 Å². The summed E-state index contributed by atoms with van der Waals surface area (Å²) >= 11 is 0. The summed E-state index contributed by atoms with van der Waals surface area (Å²) < 4.78 is 5.13. The van der Waals surface area contributed by atoms with Gasteiger partial charge >= 0.3 is 5.97 Å². The second-order valence-corrected chi connectivity index (χ2v) is 10.6. The van der Waals surface area contributed by atoms with Crippen LogP contribution >= 0.6 is 0 Å². The van der Waals surface area contributed by atoms with Crippen molar-refractivity contribution in [3.8, 4) is 0 Å². The number of nitrogens with one attached hydrogen (secondary N) is 4. The lowest BCUT2D eigenvalue weighted by Gasteiger charge is -2.35. The van der Waals surface area contributed by atoms with Crippen molar-refractivity contribution >= 4 is 29.6 Å². The molecule has 4 N–H and O–H groups in total. The first-order valence-electron chi connectivity index (χ1n) is 13.9. The number of cyclic esters (lactones) is 1. The van der Waals surface area contributed by atoms with E-state index in [1.165, 1.54) is 0 Å². The molecule has 3 fully saturated rings. The van der Waals surface area contributed by atoms with Gasteiger partial charge in [0.05, 0.1) is 12.6 Å². The standard InChI is InChI=1S/C28H39N5O6/c1-17(29-2)25(35)32-22-9-4-3-8-20-10-12-23(33(20)28(22)38)27(37)30-15-18-6-5-7-19(14-18)26(36)31-16-21-11-13-24(34)39-21/h5-7,14,17,20-23,29H,3-4,8-13,15-16H2,1-2H3,(H,30,37)(H,31,36)(H,32,35). The quantitative estimate of drug-likeness (QED) is 0.338. The molecule has 0 radical (unpaired) electrons. The van der Waals surface area contributed by atoms with Crippen molar-refractivity contribution in [1.29, 1.82) is 0 Å². The number of ether oxygens (including phenoxy) is 1. The van der Waals surface area contributed by atoms with Crippen LogP contribution in [0.1, 0.15) is 74.2 Å². The summed E-state index contributed by atoms with van der Waals surface area (Å²) in [6.07, 6.45) is 5.17. The molecular formula is C28H39N5O6. The molecular weight excluding hydrogens is 502 g/mol. The third-order valence-electron chi connectivity index (χ3n) is 7.90. The van der Waals surface area contributed by atoms with Crippen LogP contribution in [-0.2, 0) is 30.5 Å². The topological polar surface area (TPSA) is 146 Å². The first kappa shape index (κ1) is 28.5. The number of nitrogens with zero attached hydrogens (tertiary/aromatic N) is 1. The summed E-state index contributed by atoms with van der Waals surface area (Å²) in [6, 6.07) is 5.29. The SMILES string of the molecule is CNC(C)C(=O)NC1CCCCC2CCC(C(=O)NCc3cccc(C(=O)NCC4CCC(=O)O4)c3)N2C1=O. The molecule has 0 saturated carbocycles. The van der Waals surface area contributed by atoms with Crippen molar-refractivity contribution in [2.45, 2.75) is 95.1 Å². The van der Waals surface area contributed by atoms with E-state index in [9.17, 15) is 24.0 Å². The molecule has 212 valence electrons. The maximum absolute atomic E-state index is 13.5. The lowest BCUT2D eigenvalue weighted by Crippen LogP contribution is -2.57. The third kappa shape index (κ3) is 7.14. The average molecular weight is 542 g/mol. The molecule has 39 heavy (non-hydrogen) atoms. The molecule has 5 atom stereocenters. The van der Waals surface area contributed by atoms with E-state index in [4.69, 9.17) is 4.74 Å². The minimum atomic E-state index is -0.646. The van der Waals surface area contributed by atoms with Gasteiger partial charge in [-0.05, 0) is 63.8 Å². The van der Waals surface area contributed by atoms with Crippen molar-refractivity contribution in [2.75, 3.05) is 13.6 Å². The van der Waals surface area contributed by atoms with Crippen LogP contribution < -0.4 is 21.3 Å².